The van der Waals surface area contributed by atoms with Crippen molar-refractivity contribution in [3.63, 3.8) is 0 Å². The molecule has 0 spiro atoms. The van der Waals surface area contributed by atoms with Crippen LogP contribution in [0.15, 0.2) is 24.3 Å². The van der Waals surface area contributed by atoms with E-state index in [1.165, 1.54) is 0 Å². The molecular formula is C15H23NO2. The van der Waals surface area contributed by atoms with Crippen LogP contribution >= 0.6 is 0 Å². The Labute approximate surface area is 109 Å². The predicted molar refractivity (Wildman–Crippen MR) is 74.0 cm³/mol. The summed E-state index contributed by atoms with van der Waals surface area (Å²) < 4.78 is 5.59. The minimum Gasteiger partial charge on any atom is -0.491 e. The van der Waals surface area contributed by atoms with Gasteiger partial charge in [-0.1, -0.05) is 25.5 Å². The molecule has 1 unspecified atom stereocenters. The van der Waals surface area contributed by atoms with Crippen LogP contribution in [0.3, 0.4) is 0 Å². The Bertz CT molecular complexity index is 384. The Hall–Kier alpha value is -1.35. The quantitative estimate of drug-likeness (QED) is 0.756. The lowest BCUT2D eigenvalue weighted by Gasteiger charge is -2.13. The second kappa shape index (κ2) is 7.17. The Balaban J connectivity index is 2.73. The Morgan fingerprint density at radius 1 is 1.39 bits per heavy atom. The maximum Gasteiger partial charge on any atom is 0.163 e. The van der Waals surface area contributed by atoms with E-state index >= 15 is 0 Å². The number of ketones is 1. The van der Waals surface area contributed by atoms with Crippen molar-refractivity contribution in [3.8, 4) is 5.75 Å². The second-order valence-corrected chi connectivity index (χ2v) is 4.83. The average molecular weight is 249 g/mol. The summed E-state index contributed by atoms with van der Waals surface area (Å²) in [5, 5.41) is 0. The number of hydrogen-bond donors (Lipinski definition) is 1. The zero-order valence-corrected chi connectivity index (χ0v) is 11.5. The normalized spacial score (nSPS) is 12.5. The lowest BCUT2D eigenvalue weighted by molar-refractivity contribution is 0.0960. The molecule has 0 radical (unpaired) electrons. The van der Waals surface area contributed by atoms with Crippen LogP contribution in [0, 0.1) is 5.92 Å². The van der Waals surface area contributed by atoms with E-state index in [0.29, 0.717) is 18.5 Å². The first-order valence-electron chi connectivity index (χ1n) is 6.56. The van der Waals surface area contributed by atoms with Gasteiger partial charge in [0.2, 0.25) is 0 Å². The highest BCUT2D eigenvalue weighted by Gasteiger charge is 2.13. The topological polar surface area (TPSA) is 52.3 Å². The molecule has 0 saturated heterocycles. The van der Waals surface area contributed by atoms with E-state index in [2.05, 4.69) is 6.92 Å². The maximum absolute atomic E-state index is 12.1. The van der Waals surface area contributed by atoms with Crippen molar-refractivity contribution in [2.24, 2.45) is 11.7 Å². The first kappa shape index (κ1) is 14.7. The van der Waals surface area contributed by atoms with E-state index in [1.54, 1.807) is 0 Å². The number of nitrogens with two attached hydrogens (primary N) is 1. The van der Waals surface area contributed by atoms with E-state index < -0.39 is 0 Å². The third-order valence-corrected chi connectivity index (χ3v) is 2.91. The van der Waals surface area contributed by atoms with Gasteiger partial charge in [-0.15, -0.1) is 0 Å². The predicted octanol–water partition coefficient (Wildman–Crippen LogP) is 3.03. The fraction of sp³-hybridized carbons (Fsp3) is 0.533. The van der Waals surface area contributed by atoms with Crippen LogP contribution in [0.2, 0.25) is 0 Å². The van der Waals surface area contributed by atoms with Gasteiger partial charge in [0.1, 0.15) is 5.75 Å². The fourth-order valence-electron chi connectivity index (χ4n) is 1.79. The standard InChI is InChI=1S/C15H23NO2/c1-4-12(10-16)8-15(17)13-6-5-7-14(9-13)18-11(2)3/h5-7,9,11-12H,4,8,10,16H2,1-3H3. The van der Waals surface area contributed by atoms with Crippen LogP contribution in [0.4, 0.5) is 0 Å². The molecular weight excluding hydrogens is 226 g/mol. The number of rotatable bonds is 7. The molecule has 0 fully saturated rings. The molecule has 0 aliphatic heterocycles. The van der Waals surface area contributed by atoms with Crippen molar-refractivity contribution in [1.29, 1.82) is 0 Å². The molecule has 3 heteroatoms. The smallest absolute Gasteiger partial charge is 0.163 e. The molecule has 100 valence electrons. The first-order valence-corrected chi connectivity index (χ1v) is 6.56. The molecule has 0 bridgehead atoms. The summed E-state index contributed by atoms with van der Waals surface area (Å²) in [5.74, 6) is 1.16. The van der Waals surface area contributed by atoms with Crippen molar-refractivity contribution in [2.75, 3.05) is 6.54 Å². The van der Waals surface area contributed by atoms with Gasteiger partial charge in [-0.2, -0.15) is 0 Å². The van der Waals surface area contributed by atoms with E-state index in [9.17, 15) is 4.79 Å². The van der Waals surface area contributed by atoms with Crippen LogP contribution in [0.1, 0.15) is 44.0 Å². The van der Waals surface area contributed by atoms with Crippen LogP contribution in [-0.2, 0) is 0 Å². The molecule has 0 aromatic heterocycles. The molecule has 2 N–H and O–H groups in total. The number of carbonyl (C=O) groups is 1. The van der Waals surface area contributed by atoms with Crippen molar-refractivity contribution in [2.45, 2.75) is 39.7 Å². The van der Waals surface area contributed by atoms with Crippen LogP contribution < -0.4 is 10.5 Å². The number of carbonyl (C=O) groups excluding carboxylic acids is 1. The molecule has 1 atom stereocenters. The highest BCUT2D eigenvalue weighted by Crippen LogP contribution is 2.18. The third kappa shape index (κ3) is 4.49. The maximum atomic E-state index is 12.1. The molecule has 0 heterocycles. The largest absolute Gasteiger partial charge is 0.491 e. The van der Waals surface area contributed by atoms with Crippen molar-refractivity contribution < 1.29 is 9.53 Å². The van der Waals surface area contributed by atoms with Crippen molar-refractivity contribution in [1.82, 2.24) is 0 Å². The molecule has 0 aliphatic rings. The molecule has 1 aromatic carbocycles. The summed E-state index contributed by atoms with van der Waals surface area (Å²) in [7, 11) is 0. The van der Waals surface area contributed by atoms with Crippen molar-refractivity contribution >= 4 is 5.78 Å². The van der Waals surface area contributed by atoms with Gasteiger partial charge in [-0.25, -0.2) is 0 Å². The summed E-state index contributed by atoms with van der Waals surface area (Å²) in [4.78, 5) is 12.1. The Kier molecular flexibility index (Phi) is 5.86. The van der Waals surface area contributed by atoms with E-state index in [1.807, 2.05) is 38.1 Å². The van der Waals surface area contributed by atoms with Gasteiger partial charge in [-0.05, 0) is 38.4 Å². The highest BCUT2D eigenvalue weighted by molar-refractivity contribution is 5.96. The summed E-state index contributed by atoms with van der Waals surface area (Å²) >= 11 is 0. The minimum absolute atomic E-state index is 0.114. The third-order valence-electron chi connectivity index (χ3n) is 2.91. The molecule has 3 nitrogen and oxygen atoms in total. The molecule has 0 aliphatic carbocycles. The molecule has 0 saturated carbocycles. The van der Waals surface area contributed by atoms with Crippen molar-refractivity contribution in [3.05, 3.63) is 29.8 Å². The summed E-state index contributed by atoms with van der Waals surface area (Å²) in [6.07, 6.45) is 1.56. The molecule has 0 amide bonds. The molecule has 1 rings (SSSR count). The van der Waals surface area contributed by atoms with Gasteiger partial charge < -0.3 is 10.5 Å². The lowest BCUT2D eigenvalue weighted by Crippen LogP contribution is -2.17. The highest BCUT2D eigenvalue weighted by atomic mass is 16.5. The van der Waals surface area contributed by atoms with Gasteiger partial charge >= 0.3 is 0 Å². The lowest BCUT2D eigenvalue weighted by atomic mass is 9.96. The number of ether oxygens (including phenoxy) is 1. The SMILES string of the molecule is CCC(CN)CC(=O)c1cccc(OC(C)C)c1. The van der Waals surface area contributed by atoms with E-state index in [-0.39, 0.29) is 17.8 Å². The number of Topliss-reactive ketones (excluding diaryl/α,β-unsaturated/α-hetero) is 1. The number of benzene rings is 1. The summed E-state index contributed by atoms with van der Waals surface area (Å²) in [6.45, 7) is 6.56. The summed E-state index contributed by atoms with van der Waals surface area (Å²) in [5.41, 5.74) is 6.34. The molecule has 1 aromatic rings. The monoisotopic (exact) mass is 249 g/mol. The van der Waals surface area contributed by atoms with Crippen LogP contribution in [-0.4, -0.2) is 18.4 Å². The van der Waals surface area contributed by atoms with E-state index in [0.717, 1.165) is 12.2 Å². The van der Waals surface area contributed by atoms with Gasteiger partial charge in [0.05, 0.1) is 6.10 Å². The fourth-order valence-corrected chi connectivity index (χ4v) is 1.79. The minimum atomic E-state index is 0.114. The Morgan fingerprint density at radius 2 is 2.11 bits per heavy atom. The van der Waals surface area contributed by atoms with E-state index in [4.69, 9.17) is 10.5 Å². The van der Waals surface area contributed by atoms with Gasteiger partial charge in [-0.3, -0.25) is 4.79 Å². The van der Waals surface area contributed by atoms with Gasteiger partial charge in [0.25, 0.3) is 0 Å². The average Bonchev–Trinajstić information content (AvgIpc) is 2.35. The van der Waals surface area contributed by atoms with Gasteiger partial charge in [0, 0.05) is 12.0 Å². The Morgan fingerprint density at radius 3 is 2.67 bits per heavy atom. The molecule has 18 heavy (non-hydrogen) atoms. The van der Waals surface area contributed by atoms with Crippen LogP contribution in [0.25, 0.3) is 0 Å². The van der Waals surface area contributed by atoms with Crippen LogP contribution in [0.5, 0.6) is 5.75 Å². The summed E-state index contributed by atoms with van der Waals surface area (Å²) in [6, 6.07) is 7.37. The first-order chi connectivity index (χ1) is 8.56. The number of hydrogen-bond acceptors (Lipinski definition) is 3. The van der Waals surface area contributed by atoms with Gasteiger partial charge in [0.15, 0.2) is 5.78 Å². The second-order valence-electron chi connectivity index (χ2n) is 4.83. The zero-order chi connectivity index (χ0) is 13.5. The zero-order valence-electron chi connectivity index (χ0n) is 11.5.